The maximum Gasteiger partial charge on any atom is 0.308 e. The lowest BCUT2D eigenvalue weighted by Crippen LogP contribution is -2.27. The van der Waals surface area contributed by atoms with Crippen LogP contribution in [0.4, 0.5) is 5.69 Å². The van der Waals surface area contributed by atoms with Crippen LogP contribution in [-0.4, -0.2) is 45.8 Å². The summed E-state index contributed by atoms with van der Waals surface area (Å²) in [7, 11) is -0.992. The molecule has 1 atom stereocenters. The van der Waals surface area contributed by atoms with E-state index in [0.29, 0.717) is 5.56 Å². The van der Waals surface area contributed by atoms with Gasteiger partial charge in [0.15, 0.2) is 0 Å². The van der Waals surface area contributed by atoms with Crippen LogP contribution in [0.5, 0.6) is 0 Å². The van der Waals surface area contributed by atoms with Crippen molar-refractivity contribution >= 4 is 15.9 Å². The summed E-state index contributed by atoms with van der Waals surface area (Å²) in [6.07, 6.45) is 0.968. The third-order valence-corrected chi connectivity index (χ3v) is 4.99. The zero-order chi connectivity index (χ0) is 17.4. The van der Waals surface area contributed by atoms with Crippen LogP contribution in [0, 0.1) is 17.0 Å². The number of nitro groups is 1. The van der Waals surface area contributed by atoms with Crippen LogP contribution in [0.25, 0.3) is 0 Å². The molecule has 0 saturated heterocycles. The van der Waals surface area contributed by atoms with Crippen LogP contribution in [0.15, 0.2) is 30.7 Å². The third kappa shape index (κ3) is 3.23. The number of nitrogens with zero attached hydrogens (tertiary/aromatic N) is 4. The fourth-order valence-corrected chi connectivity index (χ4v) is 2.73. The second kappa shape index (κ2) is 6.07. The summed E-state index contributed by atoms with van der Waals surface area (Å²) in [4.78, 5) is 14.3. The summed E-state index contributed by atoms with van der Waals surface area (Å²) in [6.45, 7) is 1.59. The number of hydrogen-bond donors (Lipinski definition) is 1. The van der Waals surface area contributed by atoms with Crippen molar-refractivity contribution in [3.63, 3.8) is 0 Å². The van der Waals surface area contributed by atoms with Crippen molar-refractivity contribution < 1.29 is 18.4 Å². The van der Waals surface area contributed by atoms with Crippen LogP contribution < -0.4 is 0 Å². The molecule has 0 amide bonds. The normalized spacial score (nSPS) is 13.3. The van der Waals surface area contributed by atoms with E-state index in [1.54, 1.807) is 6.92 Å². The van der Waals surface area contributed by atoms with Crippen molar-refractivity contribution in [2.24, 2.45) is 0 Å². The van der Waals surface area contributed by atoms with E-state index in [1.807, 2.05) is 0 Å². The number of aliphatic hydroxyl groups excluding tert-OH is 1. The third-order valence-electron chi connectivity index (χ3n) is 3.33. The van der Waals surface area contributed by atoms with E-state index in [0.717, 1.165) is 14.6 Å². The van der Waals surface area contributed by atoms with Gasteiger partial charge in [-0.2, -0.15) is 12.7 Å². The predicted octanol–water partition coefficient (Wildman–Crippen LogP) is 0.836. The van der Waals surface area contributed by atoms with Gasteiger partial charge in [-0.3, -0.25) is 10.1 Å². The van der Waals surface area contributed by atoms with Gasteiger partial charge in [-0.15, -0.1) is 0 Å². The SMILES string of the molecule is Cc1ccc(C(O)c2cn(S(=O)(=O)N(C)C)cn2)cc1[N+](=O)[O-]. The number of rotatable bonds is 5. The van der Waals surface area contributed by atoms with E-state index in [1.165, 1.54) is 38.5 Å². The monoisotopic (exact) mass is 340 g/mol. The van der Waals surface area contributed by atoms with Gasteiger partial charge in [0, 0.05) is 31.9 Å². The molecule has 0 saturated carbocycles. The number of aryl methyl sites for hydroxylation is 1. The lowest BCUT2D eigenvalue weighted by molar-refractivity contribution is -0.385. The Balaban J connectivity index is 2.39. The fraction of sp³-hybridized carbons (Fsp3) is 0.308. The Hall–Kier alpha value is -2.30. The highest BCUT2D eigenvalue weighted by atomic mass is 32.2. The molecule has 9 nitrogen and oxygen atoms in total. The number of imidazole rings is 1. The summed E-state index contributed by atoms with van der Waals surface area (Å²) in [6, 6.07) is 4.30. The number of aliphatic hydroxyl groups is 1. The summed E-state index contributed by atoms with van der Waals surface area (Å²) in [5, 5.41) is 21.3. The Labute approximate surface area is 133 Å². The van der Waals surface area contributed by atoms with Crippen LogP contribution in [0.3, 0.4) is 0 Å². The van der Waals surface area contributed by atoms with E-state index >= 15 is 0 Å². The van der Waals surface area contributed by atoms with Gasteiger partial charge in [0.25, 0.3) is 5.69 Å². The molecule has 1 aromatic carbocycles. The molecule has 0 bridgehead atoms. The Morgan fingerprint density at radius 3 is 2.61 bits per heavy atom. The van der Waals surface area contributed by atoms with E-state index in [9.17, 15) is 23.6 Å². The average molecular weight is 340 g/mol. The minimum Gasteiger partial charge on any atom is -0.382 e. The molecule has 1 N–H and O–H groups in total. The van der Waals surface area contributed by atoms with Crippen LogP contribution in [-0.2, 0) is 10.2 Å². The fourth-order valence-electron chi connectivity index (χ4n) is 1.94. The molecular formula is C13H16N4O5S. The smallest absolute Gasteiger partial charge is 0.308 e. The lowest BCUT2D eigenvalue weighted by Gasteiger charge is -2.11. The summed E-state index contributed by atoms with van der Waals surface area (Å²) < 4.78 is 25.8. The molecule has 0 aliphatic heterocycles. The molecule has 0 radical (unpaired) electrons. The van der Waals surface area contributed by atoms with Crippen molar-refractivity contribution in [2.75, 3.05) is 14.1 Å². The van der Waals surface area contributed by atoms with Gasteiger partial charge < -0.3 is 5.11 Å². The topological polar surface area (TPSA) is 119 Å². The summed E-state index contributed by atoms with van der Waals surface area (Å²) in [5.74, 6) is 0. The highest BCUT2D eigenvalue weighted by molar-refractivity contribution is 7.87. The van der Waals surface area contributed by atoms with Crippen LogP contribution in [0.1, 0.15) is 22.9 Å². The number of nitro benzene ring substituents is 1. The summed E-state index contributed by atoms with van der Waals surface area (Å²) in [5.41, 5.74) is 0.678. The minimum absolute atomic E-state index is 0.0774. The highest BCUT2D eigenvalue weighted by Gasteiger charge is 2.22. The maximum atomic E-state index is 12.0. The molecule has 2 rings (SSSR count). The molecule has 0 aliphatic rings. The van der Waals surface area contributed by atoms with Crippen molar-refractivity contribution in [2.45, 2.75) is 13.0 Å². The largest absolute Gasteiger partial charge is 0.382 e. The molecule has 23 heavy (non-hydrogen) atoms. The van der Waals surface area contributed by atoms with E-state index < -0.39 is 21.2 Å². The Morgan fingerprint density at radius 1 is 1.39 bits per heavy atom. The quantitative estimate of drug-likeness (QED) is 0.636. The van der Waals surface area contributed by atoms with E-state index in [4.69, 9.17) is 0 Å². The first-order valence-electron chi connectivity index (χ1n) is 6.54. The number of aromatic nitrogens is 2. The number of benzene rings is 1. The maximum absolute atomic E-state index is 12.0. The van der Waals surface area contributed by atoms with Gasteiger partial charge in [0.1, 0.15) is 12.4 Å². The summed E-state index contributed by atoms with van der Waals surface area (Å²) >= 11 is 0. The van der Waals surface area contributed by atoms with Gasteiger partial charge >= 0.3 is 10.2 Å². The zero-order valence-corrected chi connectivity index (χ0v) is 13.6. The van der Waals surface area contributed by atoms with Crippen molar-refractivity contribution in [3.8, 4) is 0 Å². The molecule has 1 unspecified atom stereocenters. The van der Waals surface area contributed by atoms with E-state index in [-0.39, 0.29) is 16.9 Å². The van der Waals surface area contributed by atoms with Crippen molar-refractivity contribution in [1.82, 2.24) is 13.3 Å². The molecule has 0 spiro atoms. The standard InChI is InChI=1S/C13H16N4O5S/c1-9-4-5-10(6-12(9)17(19)20)13(18)11-7-16(8-14-11)23(21,22)15(2)3/h4-8,13,18H,1-3H3. The van der Waals surface area contributed by atoms with Gasteiger partial charge in [0.05, 0.1) is 10.6 Å². The zero-order valence-electron chi connectivity index (χ0n) is 12.7. The minimum atomic E-state index is -3.73. The Morgan fingerprint density at radius 2 is 2.04 bits per heavy atom. The second-order valence-electron chi connectivity index (χ2n) is 5.12. The molecule has 10 heteroatoms. The average Bonchev–Trinajstić information content (AvgIpc) is 2.97. The van der Waals surface area contributed by atoms with Crippen LogP contribution >= 0.6 is 0 Å². The number of hydrogen-bond acceptors (Lipinski definition) is 6. The molecule has 1 heterocycles. The molecule has 1 aromatic heterocycles. The van der Waals surface area contributed by atoms with Crippen molar-refractivity contribution in [3.05, 3.63) is 57.7 Å². The Kier molecular flexibility index (Phi) is 4.50. The second-order valence-corrected chi connectivity index (χ2v) is 7.17. The van der Waals surface area contributed by atoms with Gasteiger partial charge in [0.2, 0.25) is 0 Å². The van der Waals surface area contributed by atoms with Crippen LogP contribution in [0.2, 0.25) is 0 Å². The Bertz CT molecular complexity index is 844. The molecule has 124 valence electrons. The van der Waals surface area contributed by atoms with Crippen molar-refractivity contribution in [1.29, 1.82) is 0 Å². The van der Waals surface area contributed by atoms with Gasteiger partial charge in [-0.1, -0.05) is 12.1 Å². The first kappa shape index (κ1) is 17.1. The van der Waals surface area contributed by atoms with E-state index in [2.05, 4.69) is 4.98 Å². The highest BCUT2D eigenvalue weighted by Crippen LogP contribution is 2.26. The predicted molar refractivity (Wildman–Crippen MR) is 82.1 cm³/mol. The van der Waals surface area contributed by atoms with Gasteiger partial charge in [-0.05, 0) is 12.5 Å². The van der Waals surface area contributed by atoms with Gasteiger partial charge in [-0.25, -0.2) is 8.96 Å². The first-order valence-corrected chi connectivity index (χ1v) is 7.94. The lowest BCUT2D eigenvalue weighted by atomic mass is 10.0. The molecule has 0 aliphatic carbocycles. The first-order chi connectivity index (χ1) is 10.6. The molecule has 2 aromatic rings. The molecule has 0 fully saturated rings. The molecular weight excluding hydrogens is 324 g/mol.